The van der Waals surface area contributed by atoms with E-state index in [9.17, 15) is 9.90 Å². The zero-order valence-electron chi connectivity index (χ0n) is 16.7. The first-order valence-corrected chi connectivity index (χ1v) is 10.9. The van der Waals surface area contributed by atoms with Gasteiger partial charge in [0, 0.05) is 30.1 Å². The van der Waals surface area contributed by atoms with E-state index in [1.165, 1.54) is 11.3 Å². The minimum absolute atomic E-state index is 0.0219. The number of hydrogen-bond donors (Lipinski definition) is 2. The number of aromatic nitrogens is 2. The third-order valence-corrected chi connectivity index (χ3v) is 7.08. The van der Waals surface area contributed by atoms with Crippen LogP contribution in [0.4, 0.5) is 5.13 Å². The quantitative estimate of drug-likeness (QED) is 0.683. The molecule has 3 aromatic rings. The number of aromatic amines is 1. The molecule has 0 radical (unpaired) electrons. The van der Waals surface area contributed by atoms with Crippen LogP contribution in [-0.2, 0) is 17.6 Å². The van der Waals surface area contributed by atoms with Crippen LogP contribution in [0.15, 0.2) is 24.4 Å². The fraction of sp³-hybridized carbons (Fsp3) is 0.455. The number of rotatable bonds is 3. The molecule has 29 heavy (non-hydrogen) atoms. The molecule has 2 aliphatic rings. The maximum atomic E-state index is 12.6. The summed E-state index contributed by atoms with van der Waals surface area (Å²) in [5.74, 6) is 0.487. The van der Waals surface area contributed by atoms with E-state index in [4.69, 9.17) is 9.72 Å². The van der Waals surface area contributed by atoms with Crippen molar-refractivity contribution in [1.29, 1.82) is 0 Å². The fourth-order valence-corrected chi connectivity index (χ4v) is 5.61. The van der Waals surface area contributed by atoms with Gasteiger partial charge in [-0.3, -0.25) is 4.79 Å². The zero-order chi connectivity index (χ0) is 20.2. The SMILES string of the molecule is CC1(C)CC(=O)c2sc(N3CCOC[C@@H]3Cc3c[nH]c4ccc(O)cc34)nc2C1. The summed E-state index contributed by atoms with van der Waals surface area (Å²) in [4.78, 5) is 23.9. The number of thiazole rings is 1. The molecule has 6 nitrogen and oxygen atoms in total. The number of fused-ring (bicyclic) bond motifs is 2. The largest absolute Gasteiger partial charge is 0.508 e. The minimum atomic E-state index is -0.0219. The number of ketones is 1. The number of nitrogens with zero attached hydrogens (tertiary/aromatic N) is 2. The molecular weight excluding hydrogens is 386 g/mol. The van der Waals surface area contributed by atoms with Crippen molar-refractivity contribution in [2.24, 2.45) is 5.41 Å². The molecule has 7 heteroatoms. The van der Waals surface area contributed by atoms with E-state index >= 15 is 0 Å². The number of H-pyrrole nitrogens is 1. The van der Waals surface area contributed by atoms with Crippen molar-refractivity contribution in [3.8, 4) is 5.75 Å². The maximum absolute atomic E-state index is 12.6. The van der Waals surface area contributed by atoms with Gasteiger partial charge in [0.05, 0.1) is 29.8 Å². The molecule has 0 bridgehead atoms. The minimum Gasteiger partial charge on any atom is -0.508 e. The van der Waals surface area contributed by atoms with Crippen LogP contribution in [0.5, 0.6) is 5.75 Å². The van der Waals surface area contributed by atoms with Gasteiger partial charge in [-0.2, -0.15) is 0 Å². The number of hydrogen-bond acceptors (Lipinski definition) is 6. The Morgan fingerprint density at radius 2 is 2.24 bits per heavy atom. The summed E-state index contributed by atoms with van der Waals surface area (Å²) in [5.41, 5.74) is 3.09. The highest BCUT2D eigenvalue weighted by Gasteiger charge is 2.36. The van der Waals surface area contributed by atoms with Gasteiger partial charge in [0.1, 0.15) is 5.75 Å². The number of phenols is 1. The predicted octanol–water partition coefficient (Wildman–Crippen LogP) is 3.93. The highest BCUT2D eigenvalue weighted by Crippen LogP contribution is 2.40. The summed E-state index contributed by atoms with van der Waals surface area (Å²) >= 11 is 1.54. The Bertz CT molecular complexity index is 1080. The van der Waals surface area contributed by atoms with Gasteiger partial charge in [-0.25, -0.2) is 4.98 Å². The monoisotopic (exact) mass is 411 g/mol. The second-order valence-electron chi connectivity index (χ2n) is 8.88. The van der Waals surface area contributed by atoms with E-state index in [1.54, 1.807) is 12.1 Å². The lowest BCUT2D eigenvalue weighted by Crippen LogP contribution is -2.46. The van der Waals surface area contributed by atoms with Crippen LogP contribution < -0.4 is 4.90 Å². The fourth-order valence-electron chi connectivity index (χ4n) is 4.50. The smallest absolute Gasteiger partial charge is 0.186 e. The number of phenolic OH excluding ortho intramolecular Hbond substituents is 1. The van der Waals surface area contributed by atoms with Crippen LogP contribution in [0.3, 0.4) is 0 Å². The van der Waals surface area contributed by atoms with E-state index < -0.39 is 0 Å². The van der Waals surface area contributed by atoms with Crippen molar-refractivity contribution in [3.63, 3.8) is 0 Å². The molecule has 2 aromatic heterocycles. The Kier molecular flexibility index (Phi) is 4.40. The second kappa shape index (κ2) is 6.85. The first-order chi connectivity index (χ1) is 13.9. The number of Topliss-reactive ketones (excluding diaryl/α,β-unsaturated/α-hetero) is 1. The Hall–Kier alpha value is -2.38. The lowest BCUT2D eigenvalue weighted by molar-refractivity contribution is 0.0915. The number of ether oxygens (including phenoxy) is 1. The summed E-state index contributed by atoms with van der Waals surface area (Å²) in [6.07, 6.45) is 4.23. The van der Waals surface area contributed by atoms with Gasteiger partial charge in [0.15, 0.2) is 10.9 Å². The summed E-state index contributed by atoms with van der Waals surface area (Å²) < 4.78 is 5.78. The Balaban J connectivity index is 1.45. The molecular formula is C22H25N3O3S. The summed E-state index contributed by atoms with van der Waals surface area (Å²) in [7, 11) is 0. The van der Waals surface area contributed by atoms with Crippen LogP contribution in [0.25, 0.3) is 10.9 Å². The van der Waals surface area contributed by atoms with Gasteiger partial charge in [-0.1, -0.05) is 25.2 Å². The van der Waals surface area contributed by atoms with Crippen molar-refractivity contribution in [2.45, 2.75) is 39.2 Å². The molecule has 1 saturated heterocycles. The summed E-state index contributed by atoms with van der Waals surface area (Å²) in [5, 5.41) is 11.8. The van der Waals surface area contributed by atoms with Crippen molar-refractivity contribution >= 4 is 33.2 Å². The van der Waals surface area contributed by atoms with Gasteiger partial charge in [-0.05, 0) is 42.0 Å². The highest BCUT2D eigenvalue weighted by atomic mass is 32.1. The number of morpholine rings is 1. The lowest BCUT2D eigenvalue weighted by Gasteiger charge is -2.35. The molecule has 1 aliphatic heterocycles. The van der Waals surface area contributed by atoms with Gasteiger partial charge in [-0.15, -0.1) is 0 Å². The molecule has 1 fully saturated rings. The van der Waals surface area contributed by atoms with Gasteiger partial charge < -0.3 is 19.7 Å². The molecule has 152 valence electrons. The first-order valence-electron chi connectivity index (χ1n) is 10.1. The van der Waals surface area contributed by atoms with E-state index in [1.807, 2.05) is 12.3 Å². The average Bonchev–Trinajstić information content (AvgIpc) is 3.26. The number of aromatic hydroxyl groups is 1. The van der Waals surface area contributed by atoms with Crippen LogP contribution >= 0.6 is 11.3 Å². The van der Waals surface area contributed by atoms with Crippen molar-refractivity contribution < 1.29 is 14.6 Å². The molecule has 3 heterocycles. The molecule has 1 aromatic carbocycles. The molecule has 2 N–H and O–H groups in total. The second-order valence-corrected chi connectivity index (χ2v) is 9.86. The molecule has 5 rings (SSSR count). The van der Waals surface area contributed by atoms with E-state index in [-0.39, 0.29) is 23.0 Å². The predicted molar refractivity (Wildman–Crippen MR) is 114 cm³/mol. The number of nitrogens with one attached hydrogen (secondary N) is 1. The molecule has 0 spiro atoms. The Morgan fingerprint density at radius 1 is 1.38 bits per heavy atom. The van der Waals surface area contributed by atoms with E-state index in [2.05, 4.69) is 23.7 Å². The van der Waals surface area contributed by atoms with Crippen LogP contribution in [0, 0.1) is 5.41 Å². The maximum Gasteiger partial charge on any atom is 0.186 e. The van der Waals surface area contributed by atoms with Crippen molar-refractivity contribution in [2.75, 3.05) is 24.7 Å². The number of carbonyl (C=O) groups is 1. The Labute approximate surface area is 173 Å². The third-order valence-electron chi connectivity index (χ3n) is 5.90. The number of anilines is 1. The third kappa shape index (κ3) is 3.42. The van der Waals surface area contributed by atoms with Crippen LogP contribution in [-0.4, -0.2) is 46.7 Å². The average molecular weight is 412 g/mol. The molecule has 1 aliphatic carbocycles. The van der Waals surface area contributed by atoms with E-state index in [0.29, 0.717) is 19.6 Å². The van der Waals surface area contributed by atoms with Gasteiger partial charge in [0.2, 0.25) is 0 Å². The van der Waals surface area contributed by atoms with Gasteiger partial charge in [0.25, 0.3) is 0 Å². The van der Waals surface area contributed by atoms with Crippen LogP contribution in [0.2, 0.25) is 0 Å². The highest BCUT2D eigenvalue weighted by molar-refractivity contribution is 7.17. The van der Waals surface area contributed by atoms with Crippen molar-refractivity contribution in [3.05, 3.63) is 40.5 Å². The number of carbonyl (C=O) groups excluding carboxylic acids is 1. The summed E-state index contributed by atoms with van der Waals surface area (Å²) in [6.45, 7) is 6.32. The molecule has 1 atom stereocenters. The van der Waals surface area contributed by atoms with Gasteiger partial charge >= 0.3 is 0 Å². The first kappa shape index (κ1) is 18.6. The number of benzene rings is 1. The van der Waals surface area contributed by atoms with E-state index in [0.717, 1.165) is 51.6 Å². The van der Waals surface area contributed by atoms with Crippen molar-refractivity contribution in [1.82, 2.24) is 9.97 Å². The molecule has 0 saturated carbocycles. The topological polar surface area (TPSA) is 78.5 Å². The Morgan fingerprint density at radius 3 is 3.10 bits per heavy atom. The van der Waals surface area contributed by atoms with Crippen LogP contribution in [0.1, 0.15) is 41.2 Å². The normalized spacial score (nSPS) is 21.5. The lowest BCUT2D eigenvalue weighted by atomic mass is 9.78. The standard InChI is InChI=1S/C22H25N3O3S/c1-22(2)9-18-20(19(27)10-22)29-21(24-18)25-5-6-28-12-14(25)7-13-11-23-17-4-3-15(26)8-16(13)17/h3-4,8,11,14,23,26H,5-7,9-10,12H2,1-2H3/t14-/m0/s1. The molecule has 0 amide bonds. The summed E-state index contributed by atoms with van der Waals surface area (Å²) in [6, 6.07) is 5.53. The molecule has 0 unspecified atom stereocenters. The zero-order valence-corrected chi connectivity index (χ0v) is 17.5.